The lowest BCUT2D eigenvalue weighted by Gasteiger charge is -2.29. The second-order valence-corrected chi connectivity index (χ2v) is 15.2. The Morgan fingerprint density at radius 2 is 1.81 bits per heavy atom. The molecule has 3 aromatic heterocycles. The molecule has 1 fully saturated rings. The molecule has 0 saturated heterocycles. The van der Waals surface area contributed by atoms with Crippen molar-refractivity contribution in [1.82, 2.24) is 24.6 Å². The van der Waals surface area contributed by atoms with Gasteiger partial charge in [-0.15, -0.1) is 21.5 Å². The number of unbranched alkanes of at least 4 members (excludes halogenated alkanes) is 1. The van der Waals surface area contributed by atoms with Crippen LogP contribution in [0, 0.1) is 37.5 Å². The second-order valence-electron chi connectivity index (χ2n) is 13.8. The number of hydrogen-bond donors (Lipinski definition) is 0. The number of carbonyl (C=O) groups excluding carboxylic acids is 3. The van der Waals surface area contributed by atoms with E-state index in [1.54, 1.807) is 22.3 Å². The van der Waals surface area contributed by atoms with Gasteiger partial charge >= 0.3 is 0 Å². The number of carbonyl (C=O) groups is 3. The number of pyridine rings is 1. The zero-order chi connectivity index (χ0) is 37.5. The molecular formula is C43H35ClN6O3S. The normalized spacial score (nSPS) is 17.4. The van der Waals surface area contributed by atoms with Crippen molar-refractivity contribution in [2.24, 2.45) is 4.99 Å². The summed E-state index contributed by atoms with van der Waals surface area (Å²) in [4.78, 5) is 49.8. The van der Waals surface area contributed by atoms with E-state index in [0.717, 1.165) is 79.2 Å². The van der Waals surface area contributed by atoms with Gasteiger partial charge in [-0.25, -0.2) is 0 Å². The van der Waals surface area contributed by atoms with Crippen molar-refractivity contribution in [3.63, 3.8) is 0 Å². The Morgan fingerprint density at radius 1 is 0.981 bits per heavy atom. The molecule has 1 aliphatic carbocycles. The first kappa shape index (κ1) is 35.4. The number of benzene rings is 2. The predicted octanol–water partition coefficient (Wildman–Crippen LogP) is 7.33. The topological polar surface area (TPSA) is 110 Å². The summed E-state index contributed by atoms with van der Waals surface area (Å²) in [5.41, 5.74) is 7.99. The van der Waals surface area contributed by atoms with Gasteiger partial charge in [0.1, 0.15) is 22.7 Å². The number of Topliss-reactive ketones (excluding diaryl/α,β-unsaturated/α-hetero) is 2. The van der Waals surface area contributed by atoms with Crippen molar-refractivity contribution in [3.8, 4) is 28.7 Å². The third-order valence-electron chi connectivity index (χ3n) is 10.1. The molecular weight excluding hydrogens is 716 g/mol. The second kappa shape index (κ2) is 14.6. The van der Waals surface area contributed by atoms with Gasteiger partial charge < -0.3 is 4.90 Å². The summed E-state index contributed by atoms with van der Waals surface area (Å²) < 4.78 is 2.10. The van der Waals surface area contributed by atoms with E-state index in [9.17, 15) is 14.4 Å². The summed E-state index contributed by atoms with van der Waals surface area (Å²) in [7, 11) is 0. The van der Waals surface area contributed by atoms with Crippen LogP contribution in [0.4, 0.5) is 0 Å². The van der Waals surface area contributed by atoms with E-state index in [-0.39, 0.29) is 29.9 Å². The number of aromatic nitrogens is 4. The van der Waals surface area contributed by atoms with Crippen LogP contribution in [0.3, 0.4) is 0 Å². The van der Waals surface area contributed by atoms with E-state index in [0.29, 0.717) is 36.4 Å². The standard InChI is InChI=1S/C43H35ClN6O3S/c1-25-38(54-43-39(25)40(30-14-16-31(44)17-15-30)46-26(2)41-48-47-27(3)50(41)43)21-13-28-12-18-32(45-23-28)10-6-4-5-8-29-9-7-11-34-35(29)24-49(42(34)53)36-20-19-33(51)22-37(36)52/h7,9,11-12,14-18,23,26,36H,4,6,10,19-20,22,24H2,1-3H3/t26-,36?/m0/s1. The third-order valence-corrected chi connectivity index (χ3v) is 11.6. The summed E-state index contributed by atoms with van der Waals surface area (Å²) in [6.07, 6.45) is 4.72. The largest absolute Gasteiger partial charge is 0.324 e. The Labute approximate surface area is 322 Å². The Hall–Kier alpha value is -5.68. The number of halogens is 1. The fourth-order valence-corrected chi connectivity index (χ4v) is 8.64. The number of aliphatic imine (C=N–C) groups is 1. The van der Waals surface area contributed by atoms with Crippen molar-refractivity contribution in [2.75, 3.05) is 0 Å². The van der Waals surface area contributed by atoms with Crippen LogP contribution in [0.5, 0.6) is 0 Å². The number of amides is 1. The maximum atomic E-state index is 13.1. The predicted molar refractivity (Wildman–Crippen MR) is 208 cm³/mol. The highest BCUT2D eigenvalue weighted by Crippen LogP contribution is 2.39. The fraction of sp³-hybridized carbons (Fsp3) is 0.279. The van der Waals surface area contributed by atoms with E-state index in [4.69, 9.17) is 16.6 Å². The Balaban J connectivity index is 0.938. The van der Waals surface area contributed by atoms with Crippen LogP contribution in [0.1, 0.15) is 111 Å². The van der Waals surface area contributed by atoms with Crippen LogP contribution in [0.25, 0.3) is 5.00 Å². The minimum absolute atomic E-state index is 0.0522. The van der Waals surface area contributed by atoms with Crippen LogP contribution in [-0.4, -0.2) is 53.9 Å². The molecule has 1 unspecified atom stereocenters. The maximum Gasteiger partial charge on any atom is 0.255 e. The molecule has 0 radical (unpaired) electrons. The van der Waals surface area contributed by atoms with Crippen molar-refractivity contribution in [2.45, 2.75) is 77.9 Å². The van der Waals surface area contributed by atoms with E-state index in [1.807, 2.05) is 68.6 Å². The molecule has 1 saturated carbocycles. The fourth-order valence-electron chi connectivity index (χ4n) is 7.30. The zero-order valence-corrected chi connectivity index (χ0v) is 31.6. The molecule has 0 spiro atoms. The van der Waals surface area contributed by atoms with Crippen LogP contribution in [0.2, 0.25) is 5.02 Å². The molecule has 9 nitrogen and oxygen atoms in total. The van der Waals surface area contributed by atoms with Crippen LogP contribution in [0.15, 0.2) is 65.8 Å². The smallest absolute Gasteiger partial charge is 0.255 e. The summed E-state index contributed by atoms with van der Waals surface area (Å²) in [5.74, 6) is 14.5. The average Bonchev–Trinajstić information content (AvgIpc) is 3.79. The molecule has 2 aliphatic heterocycles. The number of thiophene rings is 1. The maximum absolute atomic E-state index is 13.1. The molecule has 54 heavy (non-hydrogen) atoms. The van der Waals surface area contributed by atoms with Gasteiger partial charge in [0.2, 0.25) is 0 Å². The van der Waals surface area contributed by atoms with Gasteiger partial charge in [0.15, 0.2) is 11.6 Å². The molecule has 1 amide bonds. The van der Waals surface area contributed by atoms with E-state index in [2.05, 4.69) is 50.4 Å². The average molecular weight is 751 g/mol. The number of rotatable bonds is 5. The number of aryl methyl sites for hydroxylation is 2. The minimum Gasteiger partial charge on any atom is -0.324 e. The molecule has 8 rings (SSSR count). The molecule has 2 aromatic carbocycles. The lowest BCUT2D eigenvalue weighted by Crippen LogP contribution is -2.44. The van der Waals surface area contributed by atoms with Crippen molar-refractivity contribution >= 4 is 46.1 Å². The van der Waals surface area contributed by atoms with Crippen molar-refractivity contribution in [1.29, 1.82) is 0 Å². The molecule has 2 atom stereocenters. The van der Waals surface area contributed by atoms with Gasteiger partial charge in [-0.3, -0.25) is 28.9 Å². The lowest BCUT2D eigenvalue weighted by molar-refractivity contribution is -0.133. The summed E-state index contributed by atoms with van der Waals surface area (Å²) >= 11 is 7.84. The molecule has 5 heterocycles. The molecule has 0 N–H and O–H groups in total. The highest BCUT2D eigenvalue weighted by molar-refractivity contribution is 7.15. The van der Waals surface area contributed by atoms with Gasteiger partial charge in [0.25, 0.3) is 5.91 Å². The van der Waals surface area contributed by atoms with E-state index in [1.165, 1.54) is 0 Å². The molecule has 5 aromatic rings. The number of fused-ring (bicyclic) bond motifs is 4. The Bertz CT molecular complexity index is 2510. The lowest BCUT2D eigenvalue weighted by atomic mass is 9.92. The zero-order valence-electron chi connectivity index (χ0n) is 30.1. The SMILES string of the molecule is Cc1c(C#Cc2ccc(CCCC#Cc3cccc4c3CN(C3CCC(=O)CC3=O)C4=O)nc2)sc2c1C(c1ccc(Cl)cc1)=N[C@@H](C)c1nnc(C)n1-2. The van der Waals surface area contributed by atoms with Gasteiger partial charge in [-0.05, 0) is 87.6 Å². The van der Waals surface area contributed by atoms with Gasteiger partial charge in [-0.2, -0.15) is 0 Å². The molecule has 11 heteroatoms. The van der Waals surface area contributed by atoms with Gasteiger partial charge in [0.05, 0.1) is 23.1 Å². The van der Waals surface area contributed by atoms with Crippen LogP contribution in [-0.2, 0) is 22.6 Å². The van der Waals surface area contributed by atoms with E-state index >= 15 is 0 Å². The summed E-state index contributed by atoms with van der Waals surface area (Å²) in [6.45, 7) is 6.43. The first-order valence-electron chi connectivity index (χ1n) is 18.0. The van der Waals surface area contributed by atoms with Crippen molar-refractivity contribution < 1.29 is 14.4 Å². The van der Waals surface area contributed by atoms with Gasteiger partial charge in [-0.1, -0.05) is 53.5 Å². The first-order valence-corrected chi connectivity index (χ1v) is 19.2. The Kier molecular flexibility index (Phi) is 9.58. The van der Waals surface area contributed by atoms with Crippen LogP contribution < -0.4 is 0 Å². The third kappa shape index (κ3) is 6.68. The molecule has 0 bridgehead atoms. The molecule has 268 valence electrons. The summed E-state index contributed by atoms with van der Waals surface area (Å²) in [6, 6.07) is 16.6. The monoisotopic (exact) mass is 750 g/mol. The van der Waals surface area contributed by atoms with Gasteiger partial charge in [0, 0.05) is 64.1 Å². The number of ketones is 2. The van der Waals surface area contributed by atoms with Crippen LogP contribution >= 0.6 is 22.9 Å². The number of hydrogen-bond acceptors (Lipinski definition) is 8. The highest BCUT2D eigenvalue weighted by atomic mass is 35.5. The number of nitrogens with zero attached hydrogens (tertiary/aromatic N) is 6. The Morgan fingerprint density at radius 3 is 2.59 bits per heavy atom. The minimum atomic E-state index is -0.538. The van der Waals surface area contributed by atoms with Crippen molar-refractivity contribution in [3.05, 3.63) is 127 Å². The highest BCUT2D eigenvalue weighted by Gasteiger charge is 2.39. The molecule has 3 aliphatic rings. The van der Waals surface area contributed by atoms with E-state index < -0.39 is 6.04 Å². The first-order chi connectivity index (χ1) is 26.2. The quantitative estimate of drug-likeness (QED) is 0.106. The summed E-state index contributed by atoms with van der Waals surface area (Å²) in [5, 5.41) is 10.5.